The Bertz CT molecular complexity index is 562. The summed E-state index contributed by atoms with van der Waals surface area (Å²) in [5.41, 5.74) is 7.57. The summed E-state index contributed by atoms with van der Waals surface area (Å²) in [7, 11) is 1.53. The first kappa shape index (κ1) is 15.4. The third-order valence-electron chi connectivity index (χ3n) is 5.16. The Hall–Kier alpha value is -1.46. The lowest BCUT2D eigenvalue weighted by atomic mass is 9.84. The van der Waals surface area contributed by atoms with Crippen molar-refractivity contribution in [3.8, 4) is 0 Å². The maximum Gasteiger partial charge on any atom is 0.225 e. The Kier molecular flexibility index (Phi) is 4.45. The third kappa shape index (κ3) is 2.88. The zero-order valence-electron chi connectivity index (χ0n) is 12.8. The monoisotopic (exact) mass is 306 g/mol. The number of nitrogens with one attached hydrogen (secondary N) is 1. The van der Waals surface area contributed by atoms with E-state index in [0.29, 0.717) is 23.9 Å². The first-order valence-corrected chi connectivity index (χ1v) is 7.89. The molecule has 4 unspecified atom stereocenters. The Morgan fingerprint density at radius 2 is 2.18 bits per heavy atom. The first-order chi connectivity index (χ1) is 10.6. The van der Waals surface area contributed by atoms with Gasteiger partial charge in [-0.25, -0.2) is 4.39 Å². The maximum atomic E-state index is 13.6. The first-order valence-electron chi connectivity index (χ1n) is 7.89. The second-order valence-electron chi connectivity index (χ2n) is 6.51. The van der Waals surface area contributed by atoms with Gasteiger partial charge < -0.3 is 15.8 Å². The van der Waals surface area contributed by atoms with Gasteiger partial charge in [-0.15, -0.1) is 0 Å². The lowest BCUT2D eigenvalue weighted by molar-refractivity contribution is -0.127. The normalized spacial score (nSPS) is 29.8. The van der Waals surface area contributed by atoms with Crippen LogP contribution in [-0.4, -0.2) is 19.1 Å². The molecule has 120 valence electrons. The van der Waals surface area contributed by atoms with E-state index in [-0.39, 0.29) is 30.3 Å². The number of hydrogen-bond acceptors (Lipinski definition) is 3. The van der Waals surface area contributed by atoms with Gasteiger partial charge in [0.1, 0.15) is 5.82 Å². The molecule has 0 heterocycles. The van der Waals surface area contributed by atoms with E-state index in [4.69, 9.17) is 10.5 Å². The number of amides is 1. The summed E-state index contributed by atoms with van der Waals surface area (Å²) >= 11 is 0. The van der Waals surface area contributed by atoms with Crippen molar-refractivity contribution < 1.29 is 13.9 Å². The molecule has 0 radical (unpaired) electrons. The van der Waals surface area contributed by atoms with E-state index in [9.17, 15) is 9.18 Å². The van der Waals surface area contributed by atoms with Crippen molar-refractivity contribution in [3.63, 3.8) is 0 Å². The minimum atomic E-state index is -0.285. The number of fused-ring (bicyclic) bond motifs is 2. The van der Waals surface area contributed by atoms with Crippen LogP contribution >= 0.6 is 0 Å². The van der Waals surface area contributed by atoms with E-state index in [2.05, 4.69) is 5.32 Å². The van der Waals surface area contributed by atoms with Crippen molar-refractivity contribution in [1.82, 2.24) is 5.32 Å². The number of methoxy groups -OCH3 is 1. The highest BCUT2D eigenvalue weighted by molar-refractivity contribution is 5.80. The van der Waals surface area contributed by atoms with Gasteiger partial charge in [0.25, 0.3) is 0 Å². The molecule has 1 amide bonds. The molecule has 3 rings (SSSR count). The summed E-state index contributed by atoms with van der Waals surface area (Å²) in [6.07, 6.45) is 3.37. The average Bonchev–Trinajstić information content (AvgIpc) is 3.09. The fourth-order valence-electron chi connectivity index (χ4n) is 4.04. The molecular formula is C17H23FN2O2. The predicted molar refractivity (Wildman–Crippen MR) is 81.3 cm³/mol. The number of nitrogens with two attached hydrogens (primary N) is 1. The van der Waals surface area contributed by atoms with Gasteiger partial charge in [0.05, 0.1) is 12.5 Å². The van der Waals surface area contributed by atoms with Crippen LogP contribution in [0.5, 0.6) is 0 Å². The fraction of sp³-hybridized carbons (Fsp3) is 0.588. The lowest BCUT2D eigenvalue weighted by Gasteiger charge is -2.27. The van der Waals surface area contributed by atoms with Crippen LogP contribution in [-0.2, 0) is 22.7 Å². The molecule has 2 fully saturated rings. The molecule has 4 nitrogen and oxygen atoms in total. The molecule has 3 N–H and O–H groups in total. The fourth-order valence-corrected chi connectivity index (χ4v) is 4.04. The highest BCUT2D eigenvalue weighted by Crippen LogP contribution is 2.47. The van der Waals surface area contributed by atoms with E-state index in [1.165, 1.54) is 13.2 Å². The van der Waals surface area contributed by atoms with Crippen molar-refractivity contribution >= 4 is 5.91 Å². The Morgan fingerprint density at radius 1 is 1.41 bits per heavy atom. The van der Waals surface area contributed by atoms with Crippen LogP contribution in [0.3, 0.4) is 0 Å². The number of ether oxygens (including phenoxy) is 1. The Labute approximate surface area is 130 Å². The number of benzene rings is 1. The van der Waals surface area contributed by atoms with Crippen molar-refractivity contribution in [3.05, 3.63) is 35.1 Å². The highest BCUT2D eigenvalue weighted by atomic mass is 19.1. The summed E-state index contributed by atoms with van der Waals surface area (Å²) in [6.45, 7) is 0.626. The largest absolute Gasteiger partial charge is 0.380 e. The van der Waals surface area contributed by atoms with Gasteiger partial charge in [0.2, 0.25) is 5.91 Å². The molecule has 1 aromatic rings. The van der Waals surface area contributed by atoms with E-state index >= 15 is 0 Å². The van der Waals surface area contributed by atoms with Crippen LogP contribution < -0.4 is 11.1 Å². The van der Waals surface area contributed by atoms with Crippen LogP contribution in [0.1, 0.15) is 30.4 Å². The summed E-state index contributed by atoms with van der Waals surface area (Å²) < 4.78 is 18.5. The maximum absolute atomic E-state index is 13.6. The predicted octanol–water partition coefficient (Wildman–Crippen LogP) is 1.96. The van der Waals surface area contributed by atoms with Crippen LogP contribution in [0.25, 0.3) is 0 Å². The summed E-state index contributed by atoms with van der Waals surface area (Å²) in [5.74, 6) is 0.652. The van der Waals surface area contributed by atoms with Gasteiger partial charge in [-0.1, -0.05) is 6.07 Å². The van der Waals surface area contributed by atoms with E-state index in [0.717, 1.165) is 24.8 Å². The van der Waals surface area contributed by atoms with Crippen LogP contribution in [0, 0.1) is 23.6 Å². The van der Waals surface area contributed by atoms with Crippen LogP contribution in [0.2, 0.25) is 0 Å². The number of halogens is 1. The van der Waals surface area contributed by atoms with Gasteiger partial charge in [-0.2, -0.15) is 0 Å². The molecule has 22 heavy (non-hydrogen) atoms. The Morgan fingerprint density at radius 3 is 2.86 bits per heavy atom. The molecule has 0 aliphatic heterocycles. The van der Waals surface area contributed by atoms with Crippen molar-refractivity contribution in [1.29, 1.82) is 0 Å². The summed E-state index contributed by atoms with van der Waals surface area (Å²) in [6, 6.07) is 4.84. The molecule has 2 aliphatic rings. The standard InChI is InChI=1S/C17H23FN2O2/c1-22-9-13-6-10(2-5-14(13)18)8-20-17(21)15-11-3-4-12(7-11)16(15)19/h2,5-6,11-12,15-16H,3-4,7-9,19H2,1H3,(H,20,21). The smallest absolute Gasteiger partial charge is 0.225 e. The highest BCUT2D eigenvalue weighted by Gasteiger charge is 2.48. The van der Waals surface area contributed by atoms with Gasteiger partial charge in [-0.3, -0.25) is 4.79 Å². The number of hydrogen-bond donors (Lipinski definition) is 2. The molecule has 0 aromatic heterocycles. The van der Waals surface area contributed by atoms with Crippen LogP contribution in [0.4, 0.5) is 4.39 Å². The summed E-state index contributed by atoms with van der Waals surface area (Å²) in [5, 5.41) is 2.96. The Balaban J connectivity index is 1.60. The second-order valence-corrected chi connectivity index (χ2v) is 6.51. The number of carbonyl (C=O) groups is 1. The molecule has 5 heteroatoms. The van der Waals surface area contributed by atoms with Gasteiger partial charge in [0, 0.05) is 25.3 Å². The molecular weight excluding hydrogens is 283 g/mol. The third-order valence-corrected chi connectivity index (χ3v) is 5.16. The van der Waals surface area contributed by atoms with Gasteiger partial charge in [0.15, 0.2) is 0 Å². The minimum Gasteiger partial charge on any atom is -0.380 e. The molecule has 1 aromatic carbocycles. The molecule has 2 bridgehead atoms. The molecule has 4 atom stereocenters. The SMILES string of the molecule is COCc1cc(CNC(=O)C2C3CCC(C3)C2N)ccc1F. The minimum absolute atomic E-state index is 0.00369. The van der Waals surface area contributed by atoms with Gasteiger partial charge in [-0.05, 0) is 48.8 Å². The average molecular weight is 306 g/mol. The molecule has 0 spiro atoms. The van der Waals surface area contributed by atoms with E-state index < -0.39 is 0 Å². The van der Waals surface area contributed by atoms with Gasteiger partial charge >= 0.3 is 0 Å². The van der Waals surface area contributed by atoms with E-state index in [1.54, 1.807) is 12.1 Å². The van der Waals surface area contributed by atoms with E-state index in [1.807, 2.05) is 0 Å². The summed E-state index contributed by atoms with van der Waals surface area (Å²) in [4.78, 5) is 12.4. The number of carbonyl (C=O) groups excluding carboxylic acids is 1. The molecule has 0 saturated heterocycles. The zero-order valence-corrected chi connectivity index (χ0v) is 12.8. The molecule has 2 aliphatic carbocycles. The van der Waals surface area contributed by atoms with Crippen molar-refractivity contribution in [2.24, 2.45) is 23.5 Å². The second kappa shape index (κ2) is 6.34. The lowest BCUT2D eigenvalue weighted by Crippen LogP contribution is -2.45. The number of rotatable bonds is 5. The zero-order chi connectivity index (χ0) is 15.7. The van der Waals surface area contributed by atoms with Crippen molar-refractivity contribution in [2.75, 3.05) is 7.11 Å². The molecule has 2 saturated carbocycles. The topological polar surface area (TPSA) is 64.3 Å². The van der Waals surface area contributed by atoms with Crippen LogP contribution in [0.15, 0.2) is 18.2 Å². The van der Waals surface area contributed by atoms with Crippen molar-refractivity contribution in [2.45, 2.75) is 38.5 Å². The quantitative estimate of drug-likeness (QED) is 0.874.